The fourth-order valence-corrected chi connectivity index (χ4v) is 10.3. The normalized spacial score (nSPS) is 31.9. The molecule has 1 aromatic carbocycles. The zero-order chi connectivity index (χ0) is 40.2. The largest absolute Gasteiger partial charge is 0.390 e. The third-order valence-electron chi connectivity index (χ3n) is 13.4. The molecule has 8 N–H and O–H groups in total. The number of aliphatic hydroxyl groups is 2. The van der Waals surface area contributed by atoms with E-state index in [9.17, 15) is 24.6 Å². The Morgan fingerprint density at radius 1 is 1.04 bits per heavy atom. The van der Waals surface area contributed by atoms with Gasteiger partial charge in [-0.1, -0.05) is 31.6 Å². The summed E-state index contributed by atoms with van der Waals surface area (Å²) >= 11 is 0. The molecule has 0 saturated heterocycles. The molecule has 14 nitrogen and oxygen atoms in total. The first-order valence-corrected chi connectivity index (χ1v) is 19.5. The topological polar surface area (TPSA) is 223 Å². The molecular formula is C41H52FN9O5. The second kappa shape index (κ2) is 14.5. The molecule has 2 saturated carbocycles. The van der Waals surface area contributed by atoms with E-state index >= 15 is 4.39 Å². The van der Waals surface area contributed by atoms with E-state index in [2.05, 4.69) is 30.6 Å². The first-order valence-electron chi connectivity index (χ1n) is 19.5. The number of nitrogens with zero attached hydrogens (tertiary/aromatic N) is 5. The number of unbranched alkanes of at least 4 members (excludes halogenated alkanes) is 2. The van der Waals surface area contributed by atoms with E-state index in [1.807, 2.05) is 44.0 Å². The van der Waals surface area contributed by atoms with Crippen molar-refractivity contribution in [3.63, 3.8) is 0 Å². The number of benzene rings is 1. The Bertz CT molecular complexity index is 2110. The lowest BCUT2D eigenvalue weighted by molar-refractivity contribution is -0.215. The molecule has 7 rings (SSSR count). The van der Waals surface area contributed by atoms with Crippen LogP contribution < -0.4 is 27.0 Å². The Balaban J connectivity index is 0.869. The van der Waals surface area contributed by atoms with Gasteiger partial charge in [0.15, 0.2) is 34.0 Å². The summed E-state index contributed by atoms with van der Waals surface area (Å²) in [5, 5.41) is 29.6. The number of allylic oxidation sites excluding steroid dienone is 4. The molecule has 8 atom stereocenters. The van der Waals surface area contributed by atoms with E-state index in [4.69, 9.17) is 11.5 Å². The van der Waals surface area contributed by atoms with E-state index in [1.54, 1.807) is 31.3 Å². The van der Waals surface area contributed by atoms with Crippen LogP contribution in [0.15, 0.2) is 54.3 Å². The maximum absolute atomic E-state index is 17.4. The van der Waals surface area contributed by atoms with Crippen molar-refractivity contribution in [2.45, 2.75) is 89.6 Å². The van der Waals surface area contributed by atoms with E-state index in [-0.39, 0.29) is 42.2 Å². The highest BCUT2D eigenvalue weighted by atomic mass is 19.1. The van der Waals surface area contributed by atoms with Gasteiger partial charge in [-0.25, -0.2) is 14.4 Å². The smallest absolute Gasteiger partial charge is 0.252 e. The van der Waals surface area contributed by atoms with Gasteiger partial charge in [0, 0.05) is 54.6 Å². The Hall–Kier alpha value is -5.02. The van der Waals surface area contributed by atoms with Crippen molar-refractivity contribution in [1.29, 1.82) is 0 Å². The SMILES string of the molecule is C[C@@H]1C[C@H]2C3CC=C4CC(=O)C=C[C@]4(C)[C@@]3(F)[C@@H](O)C[C@]2(C)[C@@]1(O)C(=O)NCCCCCNC(=O)c1ccc(N(C)Cc2cnc3nc(N)nc(N)c3n2)cc1. The Labute approximate surface area is 325 Å². The molecule has 0 aliphatic heterocycles. The quantitative estimate of drug-likeness (QED) is 0.122. The second-order valence-corrected chi connectivity index (χ2v) is 16.6. The van der Waals surface area contributed by atoms with E-state index in [1.165, 1.54) is 6.08 Å². The van der Waals surface area contributed by atoms with Crippen LogP contribution in [0.3, 0.4) is 0 Å². The minimum absolute atomic E-state index is 0.0355. The van der Waals surface area contributed by atoms with Crippen molar-refractivity contribution in [3.8, 4) is 0 Å². The molecule has 0 spiro atoms. The number of carbonyl (C=O) groups excluding carboxylic acids is 3. The molecule has 298 valence electrons. The van der Waals surface area contributed by atoms with Crippen LogP contribution in [0.25, 0.3) is 11.2 Å². The summed E-state index contributed by atoms with van der Waals surface area (Å²) in [7, 11) is 1.90. The monoisotopic (exact) mass is 769 g/mol. The molecule has 0 bridgehead atoms. The number of hydrogen-bond donors (Lipinski definition) is 6. The third kappa shape index (κ3) is 6.28. The predicted molar refractivity (Wildman–Crippen MR) is 210 cm³/mol. The van der Waals surface area contributed by atoms with Crippen LogP contribution in [0.4, 0.5) is 21.8 Å². The van der Waals surface area contributed by atoms with Gasteiger partial charge in [0.25, 0.3) is 11.8 Å². The first kappa shape index (κ1) is 39.2. The molecule has 56 heavy (non-hydrogen) atoms. The number of fused-ring (bicyclic) bond motifs is 6. The number of aliphatic hydroxyl groups excluding tert-OH is 1. The van der Waals surface area contributed by atoms with Gasteiger partial charge in [0.05, 0.1) is 24.5 Å². The maximum atomic E-state index is 17.4. The van der Waals surface area contributed by atoms with Crippen LogP contribution in [0.5, 0.6) is 0 Å². The lowest BCUT2D eigenvalue weighted by Crippen LogP contribution is -2.69. The van der Waals surface area contributed by atoms with Crippen LogP contribution in [-0.4, -0.2) is 85.3 Å². The molecule has 2 aromatic heterocycles. The predicted octanol–water partition coefficient (Wildman–Crippen LogP) is 3.58. The van der Waals surface area contributed by atoms with Gasteiger partial charge < -0.3 is 37.2 Å². The summed E-state index contributed by atoms with van der Waals surface area (Å²) in [5.74, 6) is -1.97. The number of amides is 2. The van der Waals surface area contributed by atoms with Gasteiger partial charge in [0.2, 0.25) is 5.95 Å². The molecule has 2 heterocycles. The van der Waals surface area contributed by atoms with Crippen LogP contribution in [0.1, 0.15) is 81.8 Å². The van der Waals surface area contributed by atoms with Crippen LogP contribution in [-0.2, 0) is 16.1 Å². The van der Waals surface area contributed by atoms with Crippen molar-refractivity contribution < 1.29 is 29.0 Å². The molecule has 3 aromatic rings. The second-order valence-electron chi connectivity index (χ2n) is 16.6. The van der Waals surface area contributed by atoms with Crippen molar-refractivity contribution in [1.82, 2.24) is 30.6 Å². The number of hydrogen-bond acceptors (Lipinski definition) is 12. The highest BCUT2D eigenvalue weighted by Crippen LogP contribution is 2.70. The van der Waals surface area contributed by atoms with Gasteiger partial charge in [-0.2, -0.15) is 9.97 Å². The number of anilines is 3. The highest BCUT2D eigenvalue weighted by molar-refractivity contribution is 5.95. The number of rotatable bonds is 11. The lowest BCUT2D eigenvalue weighted by Gasteiger charge is -2.61. The van der Waals surface area contributed by atoms with Crippen molar-refractivity contribution in [3.05, 3.63) is 65.5 Å². The van der Waals surface area contributed by atoms with Gasteiger partial charge in [-0.3, -0.25) is 14.4 Å². The number of halogens is 1. The van der Waals surface area contributed by atoms with E-state index in [0.717, 1.165) is 12.1 Å². The minimum atomic E-state index is -2.02. The highest BCUT2D eigenvalue weighted by Gasteiger charge is 2.75. The number of aromatic nitrogens is 4. The molecule has 2 amide bonds. The van der Waals surface area contributed by atoms with Gasteiger partial charge in [-0.05, 0) is 87.6 Å². The maximum Gasteiger partial charge on any atom is 0.252 e. The number of nitrogens with two attached hydrogens (primary N) is 2. The summed E-state index contributed by atoms with van der Waals surface area (Å²) in [4.78, 5) is 57.6. The van der Waals surface area contributed by atoms with Crippen LogP contribution in [0, 0.1) is 28.6 Å². The average Bonchev–Trinajstić information content (AvgIpc) is 3.36. The summed E-state index contributed by atoms with van der Waals surface area (Å²) in [6, 6.07) is 7.22. The molecule has 4 aliphatic rings. The molecule has 2 fully saturated rings. The minimum Gasteiger partial charge on any atom is -0.390 e. The Morgan fingerprint density at radius 3 is 2.48 bits per heavy atom. The first-order chi connectivity index (χ1) is 26.5. The van der Waals surface area contributed by atoms with Gasteiger partial charge >= 0.3 is 0 Å². The molecule has 15 heteroatoms. The van der Waals surface area contributed by atoms with Crippen LogP contribution >= 0.6 is 0 Å². The number of carbonyl (C=O) groups is 3. The Morgan fingerprint density at radius 2 is 1.75 bits per heavy atom. The lowest BCUT2D eigenvalue weighted by atomic mass is 9.45. The summed E-state index contributed by atoms with van der Waals surface area (Å²) in [6.45, 7) is 6.64. The molecule has 4 aliphatic carbocycles. The number of alkyl halides is 1. The van der Waals surface area contributed by atoms with Crippen LogP contribution in [0.2, 0.25) is 0 Å². The summed E-state index contributed by atoms with van der Waals surface area (Å²) in [6.07, 6.45) is 8.10. The summed E-state index contributed by atoms with van der Waals surface area (Å²) < 4.78 is 17.4. The molecule has 0 radical (unpaired) electrons. The third-order valence-corrected chi connectivity index (χ3v) is 13.4. The summed E-state index contributed by atoms with van der Waals surface area (Å²) in [5.41, 5.74) is 9.08. The number of nitrogen functional groups attached to an aromatic ring is 2. The zero-order valence-electron chi connectivity index (χ0n) is 32.4. The van der Waals surface area contributed by atoms with E-state index < -0.39 is 45.9 Å². The van der Waals surface area contributed by atoms with E-state index in [0.29, 0.717) is 73.3 Å². The van der Waals surface area contributed by atoms with Gasteiger partial charge in [0.1, 0.15) is 0 Å². The number of nitrogens with one attached hydrogen (secondary N) is 2. The van der Waals surface area contributed by atoms with Crippen molar-refractivity contribution in [2.24, 2.45) is 28.6 Å². The zero-order valence-corrected chi connectivity index (χ0v) is 32.4. The van der Waals surface area contributed by atoms with Crippen molar-refractivity contribution >= 4 is 46.2 Å². The number of ketones is 1. The average molecular weight is 770 g/mol. The standard InChI is InChI=1S/C41H52FN9O5/c1-23-18-30-29-13-10-25-19-28(52)14-15-38(25,2)40(29,42)31(53)20-39(30,3)41(23,56)36(55)46-17-7-5-6-16-45-35(54)24-8-11-27(12-9-24)51(4)22-26-21-47-34-32(48-26)33(43)49-37(44)50-34/h8-12,14-15,21,23,29-31,53,56H,5-7,13,16-20,22H2,1-4H3,(H,45,54)(H,46,55)(H4,43,44,47,49,50)/t23-,29?,30+,31+,38+,39+,40+,41+/m1/s1. The van der Waals surface area contributed by atoms with Crippen molar-refractivity contribution in [2.75, 3.05) is 36.5 Å². The molecule has 1 unspecified atom stereocenters. The fraction of sp³-hybridized carbons (Fsp3) is 0.537. The van der Waals surface area contributed by atoms with Gasteiger partial charge in [-0.15, -0.1) is 0 Å². The fourth-order valence-electron chi connectivity index (χ4n) is 10.3. The Kier molecular flexibility index (Phi) is 10.1. The molecular weight excluding hydrogens is 718 g/mol.